The van der Waals surface area contributed by atoms with Gasteiger partial charge in [-0.3, -0.25) is 0 Å². The fraction of sp³-hybridized carbons (Fsp3) is 0.600. The molecular weight excluding hydrogens is 243 g/mol. The molecule has 1 aliphatic heterocycles. The van der Waals surface area contributed by atoms with Crippen molar-refractivity contribution in [2.75, 3.05) is 31.6 Å². The number of hydrogen-bond acceptors (Lipinski definition) is 3. The minimum absolute atomic E-state index is 0.114. The zero-order valence-corrected chi connectivity index (χ0v) is 11.8. The van der Waals surface area contributed by atoms with E-state index in [-0.39, 0.29) is 12.4 Å². The first-order valence-corrected chi connectivity index (χ1v) is 7.00. The van der Waals surface area contributed by atoms with E-state index >= 15 is 0 Å². The Kier molecular flexibility index (Phi) is 4.77. The fourth-order valence-electron chi connectivity index (χ4n) is 2.79. The summed E-state index contributed by atoms with van der Waals surface area (Å²) in [6, 6.07) is 5.40. The third-order valence-electron chi connectivity index (χ3n) is 3.88. The van der Waals surface area contributed by atoms with E-state index in [9.17, 15) is 4.39 Å². The maximum absolute atomic E-state index is 14.2. The third kappa shape index (κ3) is 3.25. The summed E-state index contributed by atoms with van der Waals surface area (Å²) in [5, 5.41) is 9.05. The largest absolute Gasteiger partial charge is 0.392 e. The van der Waals surface area contributed by atoms with Crippen molar-refractivity contribution in [1.29, 1.82) is 0 Å². The van der Waals surface area contributed by atoms with Crippen LogP contribution in [0.5, 0.6) is 0 Å². The van der Waals surface area contributed by atoms with Gasteiger partial charge in [-0.2, -0.15) is 0 Å². The van der Waals surface area contributed by atoms with Crippen molar-refractivity contribution in [3.63, 3.8) is 0 Å². The van der Waals surface area contributed by atoms with Gasteiger partial charge in [0, 0.05) is 19.1 Å². The molecule has 106 valence electrons. The lowest BCUT2D eigenvalue weighted by atomic mass is 10.1. The van der Waals surface area contributed by atoms with Crippen LogP contribution in [0, 0.1) is 5.82 Å². The lowest BCUT2D eigenvalue weighted by molar-refractivity contribution is 0.281. The minimum Gasteiger partial charge on any atom is -0.392 e. The van der Waals surface area contributed by atoms with Crippen molar-refractivity contribution in [3.8, 4) is 0 Å². The number of benzene rings is 1. The highest BCUT2D eigenvalue weighted by molar-refractivity contribution is 5.50. The highest BCUT2D eigenvalue weighted by Gasteiger charge is 2.24. The van der Waals surface area contributed by atoms with Crippen LogP contribution in [0.2, 0.25) is 0 Å². The number of aliphatic hydroxyl groups excluding tert-OH is 1. The second kappa shape index (κ2) is 6.35. The maximum atomic E-state index is 14.2. The first-order chi connectivity index (χ1) is 9.15. The smallest absolute Gasteiger partial charge is 0.146 e. The molecule has 0 bridgehead atoms. The molecule has 1 heterocycles. The summed E-state index contributed by atoms with van der Waals surface area (Å²) in [5.41, 5.74) is 1.29. The van der Waals surface area contributed by atoms with E-state index in [2.05, 4.69) is 23.8 Å². The van der Waals surface area contributed by atoms with Crippen molar-refractivity contribution < 1.29 is 9.50 Å². The molecule has 0 spiro atoms. The lowest BCUT2D eigenvalue weighted by Gasteiger charge is -2.32. The molecule has 0 saturated carbocycles. The zero-order valence-electron chi connectivity index (χ0n) is 11.8. The second-order valence-electron chi connectivity index (χ2n) is 5.32. The van der Waals surface area contributed by atoms with Crippen molar-refractivity contribution in [3.05, 3.63) is 29.6 Å². The first kappa shape index (κ1) is 14.3. The Hall–Kier alpha value is -1.13. The van der Waals surface area contributed by atoms with E-state index in [1.54, 1.807) is 12.1 Å². The summed E-state index contributed by atoms with van der Waals surface area (Å²) in [4.78, 5) is 4.49. The van der Waals surface area contributed by atoms with Crippen LogP contribution in [0.4, 0.5) is 10.1 Å². The summed E-state index contributed by atoms with van der Waals surface area (Å²) < 4.78 is 14.2. The molecule has 1 unspecified atom stereocenters. The van der Waals surface area contributed by atoms with Crippen molar-refractivity contribution in [2.24, 2.45) is 0 Å². The second-order valence-corrected chi connectivity index (χ2v) is 5.32. The van der Waals surface area contributed by atoms with Crippen LogP contribution in [0.1, 0.15) is 25.3 Å². The maximum Gasteiger partial charge on any atom is 0.146 e. The van der Waals surface area contributed by atoms with E-state index in [4.69, 9.17) is 5.11 Å². The lowest BCUT2D eigenvalue weighted by Crippen LogP contribution is -2.40. The van der Waals surface area contributed by atoms with Crippen LogP contribution in [-0.4, -0.2) is 42.7 Å². The van der Waals surface area contributed by atoms with Crippen molar-refractivity contribution in [1.82, 2.24) is 4.90 Å². The quantitative estimate of drug-likeness (QED) is 0.909. The summed E-state index contributed by atoms with van der Waals surface area (Å²) in [6.45, 7) is 4.95. The molecule has 0 amide bonds. The molecule has 1 fully saturated rings. The van der Waals surface area contributed by atoms with Crippen LogP contribution in [-0.2, 0) is 6.61 Å². The standard InChI is InChI=1S/C15H23FN2O/c1-3-13-10-17(2)7-4-8-18(13)15-6-5-12(11-19)9-14(15)16/h5-6,9,13,19H,3-4,7-8,10-11H2,1-2H3. The van der Waals surface area contributed by atoms with E-state index in [0.717, 1.165) is 32.5 Å². The van der Waals surface area contributed by atoms with Crippen LogP contribution in [0.25, 0.3) is 0 Å². The highest BCUT2D eigenvalue weighted by Crippen LogP contribution is 2.25. The molecule has 1 aromatic carbocycles. The summed E-state index contributed by atoms with van der Waals surface area (Å²) >= 11 is 0. The van der Waals surface area contributed by atoms with Crippen LogP contribution in [0.3, 0.4) is 0 Å². The van der Waals surface area contributed by atoms with Crippen LogP contribution < -0.4 is 4.90 Å². The minimum atomic E-state index is -0.227. The predicted molar refractivity (Wildman–Crippen MR) is 75.9 cm³/mol. The first-order valence-electron chi connectivity index (χ1n) is 7.00. The van der Waals surface area contributed by atoms with Gasteiger partial charge in [0.05, 0.1) is 12.3 Å². The Bertz CT molecular complexity index is 425. The Morgan fingerprint density at radius 3 is 2.79 bits per heavy atom. The Balaban J connectivity index is 2.27. The number of hydrogen-bond donors (Lipinski definition) is 1. The molecule has 0 aliphatic carbocycles. The van der Waals surface area contributed by atoms with E-state index in [0.29, 0.717) is 17.3 Å². The van der Waals surface area contributed by atoms with Gasteiger partial charge in [0.15, 0.2) is 0 Å². The molecule has 0 aromatic heterocycles. The Morgan fingerprint density at radius 1 is 1.37 bits per heavy atom. The Morgan fingerprint density at radius 2 is 2.16 bits per heavy atom. The average Bonchev–Trinajstić information content (AvgIpc) is 2.60. The van der Waals surface area contributed by atoms with Gasteiger partial charge in [0.25, 0.3) is 0 Å². The van der Waals surface area contributed by atoms with Gasteiger partial charge in [-0.15, -0.1) is 0 Å². The van der Waals surface area contributed by atoms with E-state index in [1.165, 1.54) is 6.07 Å². The fourth-order valence-corrected chi connectivity index (χ4v) is 2.79. The number of halogens is 1. The molecule has 1 saturated heterocycles. The summed E-state index contributed by atoms with van der Waals surface area (Å²) in [7, 11) is 2.12. The highest BCUT2D eigenvalue weighted by atomic mass is 19.1. The number of likely N-dealkylation sites (N-methyl/N-ethyl adjacent to an activating group) is 1. The Labute approximate surface area is 114 Å². The van der Waals surface area contributed by atoms with Gasteiger partial charge >= 0.3 is 0 Å². The van der Waals surface area contributed by atoms with Gasteiger partial charge in [0.1, 0.15) is 5.82 Å². The molecule has 1 N–H and O–H groups in total. The molecule has 1 aromatic rings. The van der Waals surface area contributed by atoms with Gasteiger partial charge in [-0.05, 0) is 44.1 Å². The molecule has 4 heteroatoms. The normalized spacial score (nSPS) is 21.5. The monoisotopic (exact) mass is 266 g/mol. The van der Waals surface area contributed by atoms with E-state index in [1.807, 2.05) is 0 Å². The number of anilines is 1. The van der Waals surface area contributed by atoms with Crippen LogP contribution in [0.15, 0.2) is 18.2 Å². The van der Waals surface area contributed by atoms with Crippen LogP contribution >= 0.6 is 0 Å². The number of nitrogens with zero attached hydrogens (tertiary/aromatic N) is 2. The van der Waals surface area contributed by atoms with Crippen molar-refractivity contribution in [2.45, 2.75) is 32.4 Å². The topological polar surface area (TPSA) is 26.7 Å². The van der Waals surface area contributed by atoms with Gasteiger partial charge < -0.3 is 14.9 Å². The van der Waals surface area contributed by atoms with Crippen molar-refractivity contribution >= 4 is 5.69 Å². The molecular formula is C15H23FN2O. The molecule has 19 heavy (non-hydrogen) atoms. The number of aliphatic hydroxyl groups is 1. The molecule has 1 aliphatic rings. The average molecular weight is 266 g/mol. The van der Waals surface area contributed by atoms with Gasteiger partial charge in [-0.1, -0.05) is 13.0 Å². The SMILES string of the molecule is CCC1CN(C)CCCN1c1ccc(CO)cc1F. The third-order valence-corrected chi connectivity index (χ3v) is 3.88. The van der Waals surface area contributed by atoms with Gasteiger partial charge in [-0.25, -0.2) is 4.39 Å². The molecule has 2 rings (SSSR count). The molecule has 0 radical (unpaired) electrons. The summed E-state index contributed by atoms with van der Waals surface area (Å²) in [5.74, 6) is -0.227. The predicted octanol–water partition coefficient (Wildman–Crippen LogP) is 2.24. The molecule has 1 atom stereocenters. The molecule has 3 nitrogen and oxygen atoms in total. The summed E-state index contributed by atoms with van der Waals surface area (Å²) in [6.07, 6.45) is 2.06. The zero-order chi connectivity index (χ0) is 13.8. The van der Waals surface area contributed by atoms with E-state index < -0.39 is 0 Å². The van der Waals surface area contributed by atoms with Gasteiger partial charge in [0.2, 0.25) is 0 Å². The number of rotatable bonds is 3.